The fourth-order valence-corrected chi connectivity index (χ4v) is 4.06. The third kappa shape index (κ3) is 5.38. The van der Waals surface area contributed by atoms with Crippen molar-refractivity contribution >= 4 is 0 Å². The molecule has 5 rings (SSSR count). The first kappa shape index (κ1) is 22.7. The van der Waals surface area contributed by atoms with Gasteiger partial charge in [0, 0.05) is 55.8 Å². The predicted octanol–water partition coefficient (Wildman–Crippen LogP) is 4.35. The van der Waals surface area contributed by atoms with Gasteiger partial charge in [0.2, 0.25) is 0 Å². The summed E-state index contributed by atoms with van der Waals surface area (Å²) in [5, 5.41) is 0. The molecule has 0 bridgehead atoms. The van der Waals surface area contributed by atoms with Crippen LogP contribution in [0.25, 0.3) is 22.6 Å². The van der Waals surface area contributed by atoms with E-state index in [4.69, 9.17) is 0 Å². The highest BCUT2D eigenvalue weighted by Gasteiger charge is 2.31. The molecule has 4 heterocycles. The minimum Gasteiger partial charge on any atom is -0.406 e. The lowest BCUT2D eigenvalue weighted by Crippen LogP contribution is -2.35. The Morgan fingerprint density at radius 1 is 1.06 bits per heavy atom. The van der Waals surface area contributed by atoms with E-state index in [9.17, 15) is 18.0 Å². The van der Waals surface area contributed by atoms with Crippen LogP contribution in [-0.4, -0.2) is 37.7 Å². The first-order chi connectivity index (χ1) is 16.8. The van der Waals surface area contributed by atoms with E-state index in [1.807, 2.05) is 6.07 Å². The zero-order chi connectivity index (χ0) is 24.4. The van der Waals surface area contributed by atoms with Crippen molar-refractivity contribution in [3.8, 4) is 28.4 Å². The number of aromatic amines is 1. The van der Waals surface area contributed by atoms with Crippen LogP contribution < -0.4 is 10.3 Å². The van der Waals surface area contributed by atoms with Gasteiger partial charge in [0.15, 0.2) is 0 Å². The third-order valence-corrected chi connectivity index (χ3v) is 5.70. The summed E-state index contributed by atoms with van der Waals surface area (Å²) in [6.07, 6.45) is 0.901. The fraction of sp³-hybridized carbons (Fsp3) is 0.200. The molecule has 0 saturated carbocycles. The molecule has 7 nitrogen and oxygen atoms in total. The third-order valence-electron chi connectivity index (χ3n) is 5.70. The Balaban J connectivity index is 1.28. The molecule has 0 radical (unpaired) electrons. The van der Waals surface area contributed by atoms with E-state index in [1.54, 1.807) is 42.9 Å². The number of ether oxygens (including phenoxy) is 1. The van der Waals surface area contributed by atoms with E-state index < -0.39 is 6.36 Å². The molecule has 0 fully saturated rings. The molecule has 178 valence electrons. The minimum atomic E-state index is -4.75. The molecule has 3 aromatic heterocycles. The normalized spacial score (nSPS) is 13.9. The SMILES string of the molecule is O=c1[nH]c(-c2ccncc2)nc2c1CN(Cc1ccc(-c3cccc(OC(F)(F)F)c3)nc1)CC2. The number of nitrogens with zero attached hydrogens (tertiary/aromatic N) is 4. The van der Waals surface area contributed by atoms with E-state index in [2.05, 4.69) is 29.6 Å². The Hall–Kier alpha value is -4.05. The highest BCUT2D eigenvalue weighted by molar-refractivity contribution is 5.61. The second kappa shape index (κ2) is 9.30. The van der Waals surface area contributed by atoms with Crippen LogP contribution in [0.3, 0.4) is 0 Å². The van der Waals surface area contributed by atoms with Gasteiger partial charge in [0.05, 0.1) is 17.0 Å². The zero-order valence-corrected chi connectivity index (χ0v) is 18.4. The van der Waals surface area contributed by atoms with Crippen LogP contribution in [0.5, 0.6) is 5.75 Å². The van der Waals surface area contributed by atoms with Crippen molar-refractivity contribution in [1.82, 2.24) is 24.8 Å². The van der Waals surface area contributed by atoms with Gasteiger partial charge < -0.3 is 9.72 Å². The standard InChI is InChI=1S/C25H20F3N5O2/c26-25(27,28)35-19-3-1-2-18(12-19)21-5-4-16(13-30-21)14-33-11-8-22-20(15-33)24(34)32-23(31-22)17-6-9-29-10-7-17/h1-7,9-10,12-13H,8,11,14-15H2,(H,31,32,34). The van der Waals surface area contributed by atoms with Crippen LogP contribution in [0.15, 0.2) is 71.9 Å². The summed E-state index contributed by atoms with van der Waals surface area (Å²) in [6.45, 7) is 1.78. The van der Waals surface area contributed by atoms with Crippen molar-refractivity contribution in [1.29, 1.82) is 0 Å². The number of H-pyrrole nitrogens is 1. The first-order valence-corrected chi connectivity index (χ1v) is 10.9. The largest absolute Gasteiger partial charge is 0.573 e. The maximum absolute atomic E-state index is 12.7. The van der Waals surface area contributed by atoms with Crippen LogP contribution in [0.2, 0.25) is 0 Å². The Labute approximate surface area is 198 Å². The van der Waals surface area contributed by atoms with Gasteiger partial charge in [0.25, 0.3) is 5.56 Å². The molecule has 0 aliphatic carbocycles. The van der Waals surface area contributed by atoms with Gasteiger partial charge in [-0.1, -0.05) is 18.2 Å². The molecule has 1 aromatic carbocycles. The van der Waals surface area contributed by atoms with Gasteiger partial charge in [-0.2, -0.15) is 0 Å². The number of hydrogen-bond acceptors (Lipinski definition) is 6. The van der Waals surface area contributed by atoms with E-state index >= 15 is 0 Å². The van der Waals surface area contributed by atoms with Crippen LogP contribution in [-0.2, 0) is 19.5 Å². The van der Waals surface area contributed by atoms with E-state index in [1.165, 1.54) is 18.2 Å². The number of fused-ring (bicyclic) bond motifs is 1. The molecular formula is C25H20F3N5O2. The minimum absolute atomic E-state index is 0.152. The number of halogens is 3. The van der Waals surface area contributed by atoms with E-state index in [-0.39, 0.29) is 11.3 Å². The van der Waals surface area contributed by atoms with Crippen molar-refractivity contribution in [2.24, 2.45) is 0 Å². The molecular weight excluding hydrogens is 459 g/mol. The van der Waals surface area contributed by atoms with Gasteiger partial charge >= 0.3 is 6.36 Å². The molecule has 35 heavy (non-hydrogen) atoms. The van der Waals surface area contributed by atoms with Gasteiger partial charge in [0.1, 0.15) is 11.6 Å². The molecule has 1 aliphatic rings. The lowest BCUT2D eigenvalue weighted by Gasteiger charge is -2.27. The summed E-state index contributed by atoms with van der Waals surface area (Å²) < 4.78 is 41.5. The van der Waals surface area contributed by atoms with E-state index in [0.29, 0.717) is 42.2 Å². The summed E-state index contributed by atoms with van der Waals surface area (Å²) in [5.41, 5.74) is 4.09. The Morgan fingerprint density at radius 2 is 1.89 bits per heavy atom. The van der Waals surface area contributed by atoms with Crippen molar-refractivity contribution in [3.05, 3.63) is 94.3 Å². The van der Waals surface area contributed by atoms with Crippen LogP contribution in [0.4, 0.5) is 13.2 Å². The molecule has 10 heteroatoms. The maximum Gasteiger partial charge on any atom is 0.573 e. The van der Waals surface area contributed by atoms with Crippen molar-refractivity contribution in [3.63, 3.8) is 0 Å². The highest BCUT2D eigenvalue weighted by Crippen LogP contribution is 2.27. The monoisotopic (exact) mass is 479 g/mol. The Morgan fingerprint density at radius 3 is 2.63 bits per heavy atom. The first-order valence-electron chi connectivity index (χ1n) is 10.9. The Bertz CT molecular complexity index is 1390. The van der Waals surface area contributed by atoms with Crippen LogP contribution >= 0.6 is 0 Å². The number of pyridine rings is 2. The molecule has 0 saturated heterocycles. The molecule has 4 aromatic rings. The number of hydrogen-bond donors (Lipinski definition) is 1. The topological polar surface area (TPSA) is 84.0 Å². The molecule has 0 amide bonds. The van der Waals surface area contributed by atoms with Crippen LogP contribution in [0.1, 0.15) is 16.8 Å². The summed E-state index contributed by atoms with van der Waals surface area (Å²) in [4.78, 5) is 30.8. The van der Waals surface area contributed by atoms with Gasteiger partial charge in [-0.05, 0) is 35.9 Å². The second-order valence-corrected chi connectivity index (χ2v) is 8.16. The number of alkyl halides is 3. The molecule has 1 N–H and O–H groups in total. The summed E-state index contributed by atoms with van der Waals surface area (Å²) in [7, 11) is 0. The number of aromatic nitrogens is 4. The smallest absolute Gasteiger partial charge is 0.406 e. The maximum atomic E-state index is 12.7. The number of nitrogens with one attached hydrogen (secondary N) is 1. The predicted molar refractivity (Wildman–Crippen MR) is 122 cm³/mol. The lowest BCUT2D eigenvalue weighted by atomic mass is 10.1. The summed E-state index contributed by atoms with van der Waals surface area (Å²) in [5.74, 6) is 0.243. The average Bonchev–Trinajstić information content (AvgIpc) is 2.84. The molecule has 0 atom stereocenters. The van der Waals surface area contributed by atoms with Crippen molar-refractivity contribution in [2.75, 3.05) is 6.54 Å². The van der Waals surface area contributed by atoms with Crippen molar-refractivity contribution in [2.45, 2.75) is 25.9 Å². The lowest BCUT2D eigenvalue weighted by molar-refractivity contribution is -0.274. The van der Waals surface area contributed by atoms with Gasteiger partial charge in [-0.25, -0.2) is 4.98 Å². The van der Waals surface area contributed by atoms with Crippen molar-refractivity contribution < 1.29 is 17.9 Å². The number of benzene rings is 1. The summed E-state index contributed by atoms with van der Waals surface area (Å²) in [6, 6.07) is 13.0. The quantitative estimate of drug-likeness (QED) is 0.458. The van der Waals surface area contributed by atoms with Crippen LogP contribution in [0, 0.1) is 0 Å². The zero-order valence-electron chi connectivity index (χ0n) is 18.4. The summed E-state index contributed by atoms with van der Waals surface area (Å²) >= 11 is 0. The molecule has 0 unspecified atom stereocenters. The second-order valence-electron chi connectivity index (χ2n) is 8.16. The Kier molecular flexibility index (Phi) is 6.04. The highest BCUT2D eigenvalue weighted by atomic mass is 19.4. The molecule has 1 aliphatic heterocycles. The average molecular weight is 479 g/mol. The number of rotatable bonds is 5. The van der Waals surface area contributed by atoms with Gasteiger partial charge in [-0.15, -0.1) is 13.2 Å². The molecule has 0 spiro atoms. The fourth-order valence-electron chi connectivity index (χ4n) is 4.06. The van der Waals surface area contributed by atoms with Gasteiger partial charge in [-0.3, -0.25) is 19.7 Å². The van der Waals surface area contributed by atoms with E-state index in [0.717, 1.165) is 23.4 Å².